The minimum absolute atomic E-state index is 0.0657. The topological polar surface area (TPSA) is 79.2 Å². The summed E-state index contributed by atoms with van der Waals surface area (Å²) in [5, 5.41) is 8.34. The summed E-state index contributed by atoms with van der Waals surface area (Å²) in [7, 11) is 3.92. The minimum Gasteiger partial charge on any atom is -0.339 e. The number of hydrogen-bond donors (Lipinski definition) is 1. The van der Waals surface area contributed by atoms with Gasteiger partial charge in [-0.3, -0.25) is 9.48 Å². The summed E-state index contributed by atoms with van der Waals surface area (Å²) < 4.78 is 1.70. The molecule has 134 valence electrons. The number of amides is 1. The highest BCUT2D eigenvalue weighted by atomic mass is 16.2. The fourth-order valence-corrected chi connectivity index (χ4v) is 3.12. The van der Waals surface area contributed by atoms with Gasteiger partial charge in [-0.2, -0.15) is 5.10 Å². The smallest absolute Gasteiger partial charge is 0.254 e. The molecule has 1 fully saturated rings. The lowest BCUT2D eigenvalue weighted by molar-refractivity contribution is 0.0664. The molecule has 0 radical (unpaired) electrons. The Morgan fingerprint density at radius 3 is 2.73 bits per heavy atom. The monoisotopic (exact) mass is 351 g/mol. The Bertz CT molecular complexity index is 944. The van der Waals surface area contributed by atoms with Crippen LogP contribution in [-0.2, 0) is 7.05 Å². The van der Waals surface area contributed by atoms with Gasteiger partial charge in [0.25, 0.3) is 5.91 Å². The molecule has 0 bridgehead atoms. The summed E-state index contributed by atoms with van der Waals surface area (Å²) in [6, 6.07) is 7.52. The standard InChI is InChI=1S/C18H21N7O/c1-23-6-8-25(9-7-23)18(26)13-4-3-5-14(10-13)22-16-15-11-21-24(2)17(15)20-12-19-16/h3-5,10-12H,6-9H2,1-2H3,(H,19,20,22). The molecule has 1 aliphatic rings. The Labute approximate surface area is 151 Å². The highest BCUT2D eigenvalue weighted by Crippen LogP contribution is 2.23. The van der Waals surface area contributed by atoms with E-state index in [4.69, 9.17) is 0 Å². The van der Waals surface area contributed by atoms with Crippen LogP contribution in [0.3, 0.4) is 0 Å². The number of rotatable bonds is 3. The average molecular weight is 351 g/mol. The third-order valence-electron chi connectivity index (χ3n) is 4.69. The van der Waals surface area contributed by atoms with Crippen molar-refractivity contribution in [2.45, 2.75) is 0 Å². The molecule has 8 nitrogen and oxygen atoms in total. The van der Waals surface area contributed by atoms with Crippen LogP contribution in [0.4, 0.5) is 11.5 Å². The molecule has 2 aromatic heterocycles. The first-order chi connectivity index (χ1) is 12.6. The second-order valence-electron chi connectivity index (χ2n) is 6.53. The molecule has 1 amide bonds. The number of anilines is 2. The molecule has 1 saturated heterocycles. The number of likely N-dealkylation sites (N-methyl/N-ethyl adjacent to an activating group) is 1. The quantitative estimate of drug-likeness (QED) is 0.770. The van der Waals surface area contributed by atoms with Crippen molar-refractivity contribution in [2.24, 2.45) is 7.05 Å². The number of hydrogen-bond acceptors (Lipinski definition) is 6. The zero-order valence-corrected chi connectivity index (χ0v) is 14.9. The van der Waals surface area contributed by atoms with Gasteiger partial charge in [-0.05, 0) is 25.2 Å². The summed E-state index contributed by atoms with van der Waals surface area (Å²) in [4.78, 5) is 25.5. The SMILES string of the molecule is CN1CCN(C(=O)c2cccc(Nc3ncnc4c3cnn4C)c2)CC1. The molecular formula is C18H21N7O. The summed E-state index contributed by atoms with van der Waals surface area (Å²) in [6.07, 6.45) is 3.24. The maximum atomic E-state index is 12.8. The number of aryl methyl sites for hydroxylation is 1. The van der Waals surface area contributed by atoms with Crippen LogP contribution in [0.2, 0.25) is 0 Å². The van der Waals surface area contributed by atoms with E-state index >= 15 is 0 Å². The molecule has 0 saturated carbocycles. The van der Waals surface area contributed by atoms with Crippen molar-refractivity contribution in [3.63, 3.8) is 0 Å². The average Bonchev–Trinajstić information content (AvgIpc) is 3.04. The van der Waals surface area contributed by atoms with Crippen LogP contribution in [0.15, 0.2) is 36.8 Å². The van der Waals surface area contributed by atoms with Crippen molar-refractivity contribution < 1.29 is 4.79 Å². The molecule has 4 rings (SSSR count). The van der Waals surface area contributed by atoms with E-state index in [1.54, 1.807) is 10.9 Å². The van der Waals surface area contributed by atoms with E-state index in [2.05, 4.69) is 32.3 Å². The number of nitrogens with zero attached hydrogens (tertiary/aromatic N) is 6. The van der Waals surface area contributed by atoms with Crippen LogP contribution in [0, 0.1) is 0 Å². The predicted octanol–water partition coefficient (Wildman–Crippen LogP) is 1.49. The van der Waals surface area contributed by atoms with Crippen LogP contribution in [0.1, 0.15) is 10.4 Å². The van der Waals surface area contributed by atoms with Gasteiger partial charge < -0.3 is 15.1 Å². The van der Waals surface area contributed by atoms with E-state index in [-0.39, 0.29) is 5.91 Å². The molecule has 1 N–H and O–H groups in total. The van der Waals surface area contributed by atoms with Gasteiger partial charge in [0.15, 0.2) is 5.65 Å². The molecular weight excluding hydrogens is 330 g/mol. The first kappa shape index (κ1) is 16.5. The van der Waals surface area contributed by atoms with Crippen molar-refractivity contribution in [1.29, 1.82) is 0 Å². The zero-order chi connectivity index (χ0) is 18.1. The Kier molecular flexibility index (Phi) is 4.26. The van der Waals surface area contributed by atoms with Gasteiger partial charge in [-0.25, -0.2) is 9.97 Å². The Morgan fingerprint density at radius 1 is 1.12 bits per heavy atom. The van der Waals surface area contributed by atoms with Gasteiger partial charge >= 0.3 is 0 Å². The van der Waals surface area contributed by atoms with Gasteiger partial charge in [0, 0.05) is 44.5 Å². The van der Waals surface area contributed by atoms with Crippen LogP contribution in [0.25, 0.3) is 11.0 Å². The first-order valence-corrected chi connectivity index (χ1v) is 8.59. The summed E-state index contributed by atoms with van der Waals surface area (Å²) in [6.45, 7) is 3.33. The van der Waals surface area contributed by atoms with Gasteiger partial charge in [-0.1, -0.05) is 6.07 Å². The molecule has 0 atom stereocenters. The van der Waals surface area contributed by atoms with Crippen molar-refractivity contribution in [3.05, 3.63) is 42.4 Å². The highest BCUT2D eigenvalue weighted by molar-refractivity contribution is 5.96. The molecule has 0 unspecified atom stereocenters. The number of piperazine rings is 1. The fraction of sp³-hybridized carbons (Fsp3) is 0.333. The van der Waals surface area contributed by atoms with E-state index in [0.717, 1.165) is 42.9 Å². The predicted molar refractivity (Wildman–Crippen MR) is 99.4 cm³/mol. The van der Waals surface area contributed by atoms with Crippen LogP contribution >= 0.6 is 0 Å². The zero-order valence-electron chi connectivity index (χ0n) is 14.9. The number of fused-ring (bicyclic) bond motifs is 1. The Morgan fingerprint density at radius 2 is 1.92 bits per heavy atom. The molecule has 0 spiro atoms. The van der Waals surface area contributed by atoms with E-state index in [0.29, 0.717) is 11.4 Å². The van der Waals surface area contributed by atoms with E-state index < -0.39 is 0 Å². The van der Waals surface area contributed by atoms with Crippen LogP contribution in [0.5, 0.6) is 0 Å². The second-order valence-corrected chi connectivity index (χ2v) is 6.53. The van der Waals surface area contributed by atoms with Crippen LogP contribution in [-0.4, -0.2) is 68.7 Å². The third-order valence-corrected chi connectivity index (χ3v) is 4.69. The molecule has 1 aromatic carbocycles. The Balaban J connectivity index is 1.56. The molecule has 8 heteroatoms. The normalized spacial score (nSPS) is 15.4. The number of aromatic nitrogens is 4. The van der Waals surface area contributed by atoms with Gasteiger partial charge in [0.05, 0.1) is 11.6 Å². The highest BCUT2D eigenvalue weighted by Gasteiger charge is 2.20. The first-order valence-electron chi connectivity index (χ1n) is 8.59. The maximum absolute atomic E-state index is 12.8. The largest absolute Gasteiger partial charge is 0.339 e. The number of benzene rings is 1. The number of carbonyl (C=O) groups excluding carboxylic acids is 1. The summed E-state index contributed by atoms with van der Waals surface area (Å²) in [5.41, 5.74) is 2.25. The minimum atomic E-state index is 0.0657. The van der Waals surface area contributed by atoms with Gasteiger partial charge in [-0.15, -0.1) is 0 Å². The van der Waals surface area contributed by atoms with Gasteiger partial charge in [0.1, 0.15) is 12.1 Å². The van der Waals surface area contributed by atoms with Crippen molar-refractivity contribution in [1.82, 2.24) is 29.5 Å². The van der Waals surface area contributed by atoms with Crippen molar-refractivity contribution in [2.75, 3.05) is 38.5 Å². The summed E-state index contributed by atoms with van der Waals surface area (Å²) in [5.74, 6) is 0.739. The van der Waals surface area contributed by atoms with Crippen molar-refractivity contribution >= 4 is 28.4 Å². The van der Waals surface area contributed by atoms with E-state index in [9.17, 15) is 4.79 Å². The molecule has 0 aliphatic carbocycles. The number of carbonyl (C=O) groups is 1. The number of nitrogens with one attached hydrogen (secondary N) is 1. The molecule has 26 heavy (non-hydrogen) atoms. The lowest BCUT2D eigenvalue weighted by Gasteiger charge is -2.32. The molecule has 1 aliphatic heterocycles. The summed E-state index contributed by atoms with van der Waals surface area (Å²) >= 11 is 0. The van der Waals surface area contributed by atoms with Crippen LogP contribution < -0.4 is 5.32 Å². The van der Waals surface area contributed by atoms with E-state index in [1.807, 2.05) is 36.2 Å². The lowest BCUT2D eigenvalue weighted by Crippen LogP contribution is -2.47. The lowest BCUT2D eigenvalue weighted by atomic mass is 10.1. The van der Waals surface area contributed by atoms with Crippen molar-refractivity contribution in [3.8, 4) is 0 Å². The molecule has 3 aromatic rings. The fourth-order valence-electron chi connectivity index (χ4n) is 3.12. The molecule has 3 heterocycles. The van der Waals surface area contributed by atoms with Gasteiger partial charge in [0.2, 0.25) is 0 Å². The van der Waals surface area contributed by atoms with E-state index in [1.165, 1.54) is 6.33 Å². The maximum Gasteiger partial charge on any atom is 0.254 e. The Hall–Kier alpha value is -3.00. The third kappa shape index (κ3) is 3.11. The second kappa shape index (κ2) is 6.72.